The van der Waals surface area contributed by atoms with Crippen molar-refractivity contribution in [3.63, 3.8) is 0 Å². The van der Waals surface area contributed by atoms with Crippen LogP contribution in [0.1, 0.15) is 142 Å². The van der Waals surface area contributed by atoms with Gasteiger partial charge >= 0.3 is 0 Å². The Morgan fingerprint density at radius 3 is 1.32 bits per heavy atom. The quantitative estimate of drug-likeness (QED) is 0.104. The first-order valence-corrected chi connectivity index (χ1v) is 14.2. The molecule has 0 aromatic carbocycles. The van der Waals surface area contributed by atoms with Crippen molar-refractivity contribution in [2.45, 2.75) is 142 Å². The van der Waals surface area contributed by atoms with E-state index in [2.05, 4.69) is 12.2 Å². The zero-order chi connectivity index (χ0) is 22.7. The second kappa shape index (κ2) is 27.8. The number of alkyl halides is 1. The normalized spacial score (nSPS) is 11.2. The lowest BCUT2D eigenvalue weighted by Crippen LogP contribution is -2.26. The number of unbranched alkanes of at least 4 members (excludes halogenated alkanes) is 19. The monoisotopic (exact) mass is 459 g/mol. The first-order chi connectivity index (χ1) is 15.3. The van der Waals surface area contributed by atoms with Gasteiger partial charge in [-0.25, -0.2) is 0 Å². The Morgan fingerprint density at radius 2 is 0.935 bits per heavy atom. The van der Waals surface area contributed by atoms with Gasteiger partial charge in [0, 0.05) is 19.8 Å². The van der Waals surface area contributed by atoms with Crippen LogP contribution in [0.3, 0.4) is 0 Å². The van der Waals surface area contributed by atoms with E-state index in [1.165, 1.54) is 122 Å². The van der Waals surface area contributed by atoms with Gasteiger partial charge in [-0.15, -0.1) is 11.6 Å². The maximum atomic E-state index is 11.0. The van der Waals surface area contributed by atoms with E-state index in [4.69, 9.17) is 16.3 Å². The fourth-order valence-corrected chi connectivity index (χ4v) is 4.11. The number of carbonyl (C=O) groups excluding carboxylic acids is 1. The lowest BCUT2D eigenvalue weighted by molar-refractivity contribution is -0.118. The highest BCUT2D eigenvalue weighted by atomic mass is 35.5. The fourth-order valence-electron chi connectivity index (χ4n) is 4.01. The van der Waals surface area contributed by atoms with E-state index in [-0.39, 0.29) is 11.8 Å². The lowest BCUT2D eigenvalue weighted by Gasteiger charge is -2.06. The van der Waals surface area contributed by atoms with Gasteiger partial charge in [0.05, 0.1) is 0 Å². The summed E-state index contributed by atoms with van der Waals surface area (Å²) in [4.78, 5) is 11.0. The van der Waals surface area contributed by atoms with Crippen molar-refractivity contribution in [2.24, 2.45) is 0 Å². The van der Waals surface area contributed by atoms with Crippen molar-refractivity contribution < 1.29 is 9.53 Å². The summed E-state index contributed by atoms with van der Waals surface area (Å²) in [6.07, 6.45) is 29.1. The molecule has 0 saturated heterocycles. The molecule has 0 aliphatic rings. The van der Waals surface area contributed by atoms with E-state index in [0.29, 0.717) is 6.54 Å². The molecule has 31 heavy (non-hydrogen) atoms. The summed E-state index contributed by atoms with van der Waals surface area (Å²) in [6.45, 7) is 4.52. The highest BCUT2D eigenvalue weighted by molar-refractivity contribution is 6.27. The predicted molar refractivity (Wildman–Crippen MR) is 137 cm³/mol. The van der Waals surface area contributed by atoms with Crippen LogP contribution in [0.4, 0.5) is 0 Å². The molecular formula is C27H54ClNO2. The standard InChI is InChI=1S/C27H54ClNO2/c1-2-3-4-5-6-7-8-9-10-11-12-13-14-15-16-17-18-19-20-21-24-31-25-22-23-29-27(30)26-28/h2-26H2,1H3,(H,29,30). The van der Waals surface area contributed by atoms with E-state index >= 15 is 0 Å². The second-order valence-corrected chi connectivity index (χ2v) is 9.43. The molecule has 0 fully saturated rings. The van der Waals surface area contributed by atoms with E-state index in [1.54, 1.807) is 0 Å². The zero-order valence-corrected chi connectivity index (χ0v) is 21.6. The summed E-state index contributed by atoms with van der Waals surface area (Å²) in [5.41, 5.74) is 0. The Labute approximate surface area is 199 Å². The van der Waals surface area contributed by atoms with Crippen molar-refractivity contribution in [1.82, 2.24) is 5.32 Å². The SMILES string of the molecule is CCCCCCCCCCCCCCCCCCCCCCOCCCNC(=O)CCl. The summed E-state index contributed by atoms with van der Waals surface area (Å²) in [7, 11) is 0. The van der Waals surface area contributed by atoms with Crippen LogP contribution < -0.4 is 5.32 Å². The maximum absolute atomic E-state index is 11.0. The van der Waals surface area contributed by atoms with Crippen LogP contribution in [-0.4, -0.2) is 31.5 Å². The Balaban J connectivity index is 3.01. The van der Waals surface area contributed by atoms with Gasteiger partial charge in [-0.05, 0) is 12.8 Å². The van der Waals surface area contributed by atoms with Gasteiger partial charge in [-0.1, -0.05) is 129 Å². The van der Waals surface area contributed by atoms with Gasteiger partial charge in [0.25, 0.3) is 0 Å². The molecular weight excluding hydrogens is 406 g/mol. The molecule has 3 nitrogen and oxygen atoms in total. The Bertz CT molecular complexity index is 352. The molecule has 1 N–H and O–H groups in total. The van der Waals surface area contributed by atoms with Crippen molar-refractivity contribution in [1.29, 1.82) is 0 Å². The zero-order valence-electron chi connectivity index (χ0n) is 20.9. The molecule has 0 rings (SSSR count). The minimum atomic E-state index is -0.101. The lowest BCUT2D eigenvalue weighted by atomic mass is 10.0. The van der Waals surface area contributed by atoms with Crippen LogP contribution in [0.2, 0.25) is 0 Å². The van der Waals surface area contributed by atoms with Crippen LogP contribution >= 0.6 is 11.6 Å². The number of hydrogen-bond acceptors (Lipinski definition) is 2. The molecule has 186 valence electrons. The molecule has 0 aliphatic heterocycles. The molecule has 0 radical (unpaired) electrons. The van der Waals surface area contributed by atoms with Crippen molar-refractivity contribution in [3.8, 4) is 0 Å². The van der Waals surface area contributed by atoms with Gasteiger partial charge in [0.1, 0.15) is 5.88 Å². The minimum Gasteiger partial charge on any atom is -0.381 e. The Kier molecular flexibility index (Phi) is 27.5. The molecule has 0 saturated carbocycles. The average molecular weight is 460 g/mol. The number of halogens is 1. The molecule has 0 spiro atoms. The number of ether oxygens (including phenoxy) is 1. The second-order valence-electron chi connectivity index (χ2n) is 9.17. The number of nitrogens with one attached hydrogen (secondary N) is 1. The number of amides is 1. The van der Waals surface area contributed by atoms with Crippen LogP contribution in [-0.2, 0) is 9.53 Å². The van der Waals surface area contributed by atoms with Crippen LogP contribution in [0, 0.1) is 0 Å². The molecule has 4 heteroatoms. The fraction of sp³-hybridized carbons (Fsp3) is 0.963. The topological polar surface area (TPSA) is 38.3 Å². The predicted octanol–water partition coefficient (Wildman–Crippen LogP) is 8.57. The smallest absolute Gasteiger partial charge is 0.234 e. The molecule has 0 aliphatic carbocycles. The Morgan fingerprint density at radius 1 is 0.581 bits per heavy atom. The van der Waals surface area contributed by atoms with Gasteiger partial charge in [0.15, 0.2) is 0 Å². The number of carbonyl (C=O) groups is 1. The largest absolute Gasteiger partial charge is 0.381 e. The summed E-state index contributed by atoms with van der Waals surface area (Å²) < 4.78 is 5.60. The molecule has 0 aromatic rings. The highest BCUT2D eigenvalue weighted by Crippen LogP contribution is 2.14. The average Bonchev–Trinajstić information content (AvgIpc) is 2.78. The van der Waals surface area contributed by atoms with E-state index in [9.17, 15) is 4.79 Å². The van der Waals surface area contributed by atoms with E-state index in [1.807, 2.05) is 0 Å². The molecule has 1 amide bonds. The molecule has 0 atom stereocenters. The maximum Gasteiger partial charge on any atom is 0.234 e. The Hall–Kier alpha value is -0.280. The van der Waals surface area contributed by atoms with Gasteiger partial charge in [-0.3, -0.25) is 4.79 Å². The van der Waals surface area contributed by atoms with Gasteiger partial charge in [-0.2, -0.15) is 0 Å². The first kappa shape index (κ1) is 30.7. The number of hydrogen-bond donors (Lipinski definition) is 1. The third-order valence-corrected chi connectivity index (χ3v) is 6.29. The summed E-state index contributed by atoms with van der Waals surface area (Å²) in [5.74, 6) is -0.0592. The van der Waals surface area contributed by atoms with Crippen LogP contribution in [0.5, 0.6) is 0 Å². The van der Waals surface area contributed by atoms with Crippen LogP contribution in [0.25, 0.3) is 0 Å². The molecule has 0 aromatic heterocycles. The summed E-state index contributed by atoms with van der Waals surface area (Å²) in [6, 6.07) is 0. The summed E-state index contributed by atoms with van der Waals surface area (Å²) >= 11 is 5.42. The third kappa shape index (κ3) is 27.7. The highest BCUT2D eigenvalue weighted by Gasteiger charge is 1.97. The minimum absolute atomic E-state index is 0.0419. The molecule has 0 heterocycles. The third-order valence-electron chi connectivity index (χ3n) is 6.05. The van der Waals surface area contributed by atoms with Gasteiger partial charge in [0.2, 0.25) is 5.91 Å². The first-order valence-electron chi connectivity index (χ1n) is 13.7. The number of rotatable bonds is 26. The molecule has 0 unspecified atom stereocenters. The summed E-state index contributed by atoms with van der Waals surface area (Å²) in [5, 5.41) is 2.75. The van der Waals surface area contributed by atoms with Crippen molar-refractivity contribution in [3.05, 3.63) is 0 Å². The van der Waals surface area contributed by atoms with Crippen LogP contribution in [0.15, 0.2) is 0 Å². The van der Waals surface area contributed by atoms with E-state index in [0.717, 1.165) is 26.1 Å². The van der Waals surface area contributed by atoms with Crippen molar-refractivity contribution >= 4 is 17.5 Å². The molecule has 0 bridgehead atoms. The van der Waals surface area contributed by atoms with Gasteiger partial charge < -0.3 is 10.1 Å². The van der Waals surface area contributed by atoms with Crippen molar-refractivity contribution in [2.75, 3.05) is 25.6 Å². The van der Waals surface area contributed by atoms with E-state index < -0.39 is 0 Å².